The Hall–Kier alpha value is -2.60. The van der Waals surface area contributed by atoms with Gasteiger partial charge in [0.2, 0.25) is 0 Å². The summed E-state index contributed by atoms with van der Waals surface area (Å²) >= 11 is 0. The molecule has 1 aliphatic carbocycles. The summed E-state index contributed by atoms with van der Waals surface area (Å²) in [6.07, 6.45) is 10.2. The molecular weight excluding hydrogens is 396 g/mol. The molecule has 0 amide bonds. The molecule has 33 heavy (non-hydrogen) atoms. The first-order valence-electron chi connectivity index (χ1n) is 12.5. The minimum Gasteiger partial charge on any atom is -0.0999 e. The van der Waals surface area contributed by atoms with Crippen LogP contribution in [0, 0.1) is 12.8 Å². The summed E-state index contributed by atoms with van der Waals surface area (Å²) in [5.41, 5.74) is 11.0. The fourth-order valence-electron chi connectivity index (χ4n) is 3.59. The van der Waals surface area contributed by atoms with Gasteiger partial charge in [-0.15, -0.1) is 0 Å². The topological polar surface area (TPSA) is 0 Å². The van der Waals surface area contributed by atoms with Crippen LogP contribution in [0.25, 0.3) is 0 Å². The molecule has 2 aromatic rings. The van der Waals surface area contributed by atoms with Crippen LogP contribution in [0.15, 0.2) is 96.1 Å². The van der Waals surface area contributed by atoms with E-state index in [1.165, 1.54) is 58.2 Å². The summed E-state index contributed by atoms with van der Waals surface area (Å²) in [7, 11) is 0. The maximum absolute atomic E-state index is 3.99. The number of hydrogen-bond donors (Lipinski definition) is 0. The highest BCUT2D eigenvalue weighted by molar-refractivity contribution is 5.31. The quantitative estimate of drug-likeness (QED) is 0.374. The van der Waals surface area contributed by atoms with E-state index >= 15 is 0 Å². The van der Waals surface area contributed by atoms with Crippen LogP contribution in [0.4, 0.5) is 0 Å². The van der Waals surface area contributed by atoms with E-state index in [2.05, 4.69) is 108 Å². The molecule has 0 aromatic heterocycles. The Morgan fingerprint density at radius 2 is 1.30 bits per heavy atom. The summed E-state index contributed by atoms with van der Waals surface area (Å²) in [6.45, 7) is 22.7. The van der Waals surface area contributed by atoms with E-state index in [0.29, 0.717) is 5.92 Å². The fraction of sp³-hybridized carbons (Fsp3) is 0.394. The Balaban J connectivity index is 0.000000322. The van der Waals surface area contributed by atoms with Gasteiger partial charge in [0.1, 0.15) is 0 Å². The highest BCUT2D eigenvalue weighted by Crippen LogP contribution is 2.25. The summed E-state index contributed by atoms with van der Waals surface area (Å²) in [6, 6.07) is 17.6. The lowest BCUT2D eigenvalue weighted by molar-refractivity contribution is 0.649. The molecule has 0 radical (unpaired) electrons. The summed E-state index contributed by atoms with van der Waals surface area (Å²) in [4.78, 5) is 0. The van der Waals surface area contributed by atoms with E-state index in [4.69, 9.17) is 0 Å². The normalized spacial score (nSPS) is 13.3. The van der Waals surface area contributed by atoms with Crippen LogP contribution in [0.5, 0.6) is 0 Å². The number of benzene rings is 2. The summed E-state index contributed by atoms with van der Waals surface area (Å²) in [5, 5.41) is 0. The van der Waals surface area contributed by atoms with E-state index < -0.39 is 0 Å². The zero-order valence-corrected chi connectivity index (χ0v) is 22.3. The second kappa shape index (κ2) is 15.3. The molecule has 1 aliphatic rings. The third-order valence-electron chi connectivity index (χ3n) is 5.91. The minimum absolute atomic E-state index is 0.637. The van der Waals surface area contributed by atoms with E-state index in [-0.39, 0.29) is 0 Å². The maximum atomic E-state index is 3.99. The predicted molar refractivity (Wildman–Crippen MR) is 150 cm³/mol. The van der Waals surface area contributed by atoms with Crippen molar-refractivity contribution in [3.05, 3.63) is 118 Å². The van der Waals surface area contributed by atoms with Crippen LogP contribution in [0.2, 0.25) is 0 Å². The third kappa shape index (κ3) is 11.7. The van der Waals surface area contributed by atoms with Gasteiger partial charge in [-0.1, -0.05) is 122 Å². The van der Waals surface area contributed by atoms with E-state index in [9.17, 15) is 0 Å². The van der Waals surface area contributed by atoms with Gasteiger partial charge in [0.25, 0.3) is 0 Å². The molecule has 178 valence electrons. The molecule has 0 bridgehead atoms. The van der Waals surface area contributed by atoms with Crippen LogP contribution in [0.1, 0.15) is 83.1 Å². The molecule has 0 nitrogen and oxygen atoms in total. The van der Waals surface area contributed by atoms with Crippen molar-refractivity contribution >= 4 is 0 Å². The van der Waals surface area contributed by atoms with Crippen molar-refractivity contribution in [1.29, 1.82) is 0 Å². The van der Waals surface area contributed by atoms with Gasteiger partial charge in [0.05, 0.1) is 0 Å². The van der Waals surface area contributed by atoms with Gasteiger partial charge in [-0.2, -0.15) is 0 Å². The van der Waals surface area contributed by atoms with Gasteiger partial charge in [0, 0.05) is 0 Å². The van der Waals surface area contributed by atoms with E-state index in [1.807, 2.05) is 13.8 Å². The lowest BCUT2D eigenvalue weighted by Crippen LogP contribution is -2.00. The van der Waals surface area contributed by atoms with Crippen molar-refractivity contribution < 1.29 is 0 Å². The van der Waals surface area contributed by atoms with Gasteiger partial charge < -0.3 is 0 Å². The van der Waals surface area contributed by atoms with Crippen molar-refractivity contribution in [2.75, 3.05) is 0 Å². The van der Waals surface area contributed by atoms with Crippen LogP contribution in [-0.2, 0) is 12.8 Å². The molecule has 0 heterocycles. The number of aryl methyl sites for hydroxylation is 1. The molecule has 0 aliphatic heterocycles. The summed E-state index contributed by atoms with van der Waals surface area (Å²) in [5.74, 6) is 0.637. The molecule has 0 saturated carbocycles. The average Bonchev–Trinajstić information content (AvgIpc) is 2.79. The van der Waals surface area contributed by atoms with Gasteiger partial charge in [-0.25, -0.2) is 0 Å². The molecule has 1 unspecified atom stereocenters. The first kappa shape index (κ1) is 28.4. The molecule has 3 rings (SSSR count). The molecule has 2 aromatic carbocycles. The lowest BCUT2D eigenvalue weighted by Gasteiger charge is -2.16. The second-order valence-electron chi connectivity index (χ2n) is 9.40. The molecular formula is C33H46. The van der Waals surface area contributed by atoms with Crippen molar-refractivity contribution in [2.45, 2.75) is 80.6 Å². The Bertz CT molecular complexity index is 917. The van der Waals surface area contributed by atoms with E-state index in [0.717, 1.165) is 12.8 Å². The largest absolute Gasteiger partial charge is 0.0999 e. The minimum atomic E-state index is 0.637. The molecule has 1 atom stereocenters. The molecule has 0 fully saturated rings. The van der Waals surface area contributed by atoms with Crippen LogP contribution in [0.3, 0.4) is 0 Å². The van der Waals surface area contributed by atoms with Gasteiger partial charge in [-0.3, -0.25) is 0 Å². The zero-order chi connectivity index (χ0) is 24.8. The highest BCUT2D eigenvalue weighted by Gasteiger charge is 2.08. The monoisotopic (exact) mass is 442 g/mol. The lowest BCUT2D eigenvalue weighted by atomic mass is 9.89. The smallest absolute Gasteiger partial charge is 0.00258 e. The van der Waals surface area contributed by atoms with Crippen molar-refractivity contribution in [3.8, 4) is 0 Å². The Labute approximate surface area is 204 Å². The predicted octanol–water partition coefficient (Wildman–Crippen LogP) is 9.99. The van der Waals surface area contributed by atoms with Crippen LogP contribution < -0.4 is 0 Å². The third-order valence-corrected chi connectivity index (χ3v) is 5.91. The molecule has 0 heteroatoms. The van der Waals surface area contributed by atoms with Gasteiger partial charge in [0.15, 0.2) is 0 Å². The van der Waals surface area contributed by atoms with Gasteiger partial charge in [-0.05, 0) is 82.4 Å². The number of hydrogen-bond acceptors (Lipinski definition) is 0. The standard InChI is InChI=1S/C18H20.C13H20.C2H6/c1-14(2)12-16-8-10-18(11-9-16)13-17-6-4-15(3)5-7-17;1-10(2)12(4)9-13-7-5-11(3)6-8-13;1-2/h4-11H,1,12-13H2,2-3H3;5,7,12H,1,6,8-9H2,2-4H3;1-2H3. The number of rotatable bonds is 7. The Morgan fingerprint density at radius 3 is 1.76 bits per heavy atom. The molecule has 0 N–H and O–H groups in total. The maximum Gasteiger partial charge on any atom is -0.00258 e. The zero-order valence-electron chi connectivity index (χ0n) is 22.3. The van der Waals surface area contributed by atoms with Crippen molar-refractivity contribution in [2.24, 2.45) is 5.92 Å². The van der Waals surface area contributed by atoms with Crippen molar-refractivity contribution in [1.82, 2.24) is 0 Å². The molecule has 0 saturated heterocycles. The first-order chi connectivity index (χ1) is 15.7. The van der Waals surface area contributed by atoms with Crippen LogP contribution >= 0.6 is 0 Å². The molecule has 0 spiro atoms. The van der Waals surface area contributed by atoms with Crippen LogP contribution in [-0.4, -0.2) is 0 Å². The second-order valence-corrected chi connectivity index (χ2v) is 9.40. The highest BCUT2D eigenvalue weighted by atomic mass is 14.1. The van der Waals surface area contributed by atoms with Crippen molar-refractivity contribution in [3.63, 3.8) is 0 Å². The van der Waals surface area contributed by atoms with E-state index in [1.54, 1.807) is 5.57 Å². The Kier molecular flexibility index (Phi) is 13.2. The fourth-order valence-corrected chi connectivity index (χ4v) is 3.59. The Morgan fingerprint density at radius 1 is 0.788 bits per heavy atom. The summed E-state index contributed by atoms with van der Waals surface area (Å²) < 4.78 is 0. The SMILES string of the molecule is C=C(C)C(C)CC1=CC=C(C)CC1.C=C(C)Cc1ccc(Cc2ccc(C)cc2)cc1.CC. The average molecular weight is 443 g/mol. The first-order valence-corrected chi connectivity index (χ1v) is 12.5. The number of allylic oxidation sites excluding steroid dienone is 6. The van der Waals surface area contributed by atoms with Gasteiger partial charge >= 0.3 is 0 Å².